The number of aryl methyl sites for hydroxylation is 1. The third-order valence-corrected chi connectivity index (χ3v) is 4.32. The Labute approximate surface area is 137 Å². The standard InChI is InChI=1S/C16H10Br2O3/c1-9-4-2-7-12-15(9)13(8-14(19)20-12)21-16-10(17)5-3-6-11(16)18/h2-8H,1H3. The number of ether oxygens (including phenoxy) is 1. The summed E-state index contributed by atoms with van der Waals surface area (Å²) in [5.74, 6) is 1.10. The van der Waals surface area contributed by atoms with Crippen molar-refractivity contribution in [3.05, 3.63) is 67.4 Å². The molecule has 0 bridgehead atoms. The smallest absolute Gasteiger partial charge is 0.339 e. The number of hydrogen-bond donors (Lipinski definition) is 0. The summed E-state index contributed by atoms with van der Waals surface area (Å²) in [4.78, 5) is 11.7. The second-order valence-corrected chi connectivity index (χ2v) is 6.24. The van der Waals surface area contributed by atoms with Gasteiger partial charge in [0.05, 0.1) is 20.4 Å². The number of halogens is 2. The highest BCUT2D eigenvalue weighted by atomic mass is 79.9. The van der Waals surface area contributed by atoms with E-state index in [0.717, 1.165) is 19.9 Å². The average Bonchev–Trinajstić information content (AvgIpc) is 2.42. The van der Waals surface area contributed by atoms with Gasteiger partial charge < -0.3 is 9.15 Å². The maximum absolute atomic E-state index is 11.7. The Balaban J connectivity index is 2.23. The van der Waals surface area contributed by atoms with Crippen LogP contribution < -0.4 is 10.4 Å². The van der Waals surface area contributed by atoms with Gasteiger partial charge in [0, 0.05) is 0 Å². The van der Waals surface area contributed by atoms with Crippen molar-refractivity contribution >= 4 is 42.8 Å². The van der Waals surface area contributed by atoms with Gasteiger partial charge in [-0.25, -0.2) is 4.79 Å². The highest BCUT2D eigenvalue weighted by Gasteiger charge is 2.13. The lowest BCUT2D eigenvalue weighted by atomic mass is 10.1. The average molecular weight is 410 g/mol. The van der Waals surface area contributed by atoms with Gasteiger partial charge in [-0.1, -0.05) is 18.2 Å². The van der Waals surface area contributed by atoms with Crippen LogP contribution in [-0.2, 0) is 0 Å². The first kappa shape index (κ1) is 14.4. The number of rotatable bonds is 2. The fourth-order valence-corrected chi connectivity index (χ4v) is 3.29. The molecule has 3 aromatic rings. The Morgan fingerprint density at radius 3 is 2.43 bits per heavy atom. The van der Waals surface area contributed by atoms with Crippen LogP contribution in [0.15, 0.2) is 60.6 Å². The molecule has 0 saturated carbocycles. The zero-order valence-corrected chi connectivity index (χ0v) is 14.2. The lowest BCUT2D eigenvalue weighted by Crippen LogP contribution is -2.00. The van der Waals surface area contributed by atoms with E-state index in [4.69, 9.17) is 9.15 Å². The van der Waals surface area contributed by atoms with Gasteiger partial charge in [-0.15, -0.1) is 0 Å². The van der Waals surface area contributed by atoms with E-state index in [1.165, 1.54) is 6.07 Å². The van der Waals surface area contributed by atoms with E-state index < -0.39 is 5.63 Å². The van der Waals surface area contributed by atoms with E-state index in [2.05, 4.69) is 31.9 Å². The SMILES string of the molecule is Cc1cccc2oc(=O)cc(Oc3c(Br)cccc3Br)c12. The van der Waals surface area contributed by atoms with Gasteiger partial charge in [0.15, 0.2) is 5.75 Å². The second kappa shape index (κ2) is 5.66. The number of hydrogen-bond acceptors (Lipinski definition) is 3. The first-order chi connectivity index (χ1) is 10.1. The minimum Gasteiger partial charge on any atom is -0.454 e. The predicted octanol–water partition coefficient (Wildman–Crippen LogP) is 5.42. The zero-order valence-electron chi connectivity index (χ0n) is 11.0. The minimum absolute atomic E-state index is 0.439. The summed E-state index contributed by atoms with van der Waals surface area (Å²) in [5, 5.41) is 0.791. The summed E-state index contributed by atoms with van der Waals surface area (Å²) in [6, 6.07) is 12.6. The maximum atomic E-state index is 11.7. The maximum Gasteiger partial charge on any atom is 0.339 e. The summed E-state index contributed by atoms with van der Waals surface area (Å²) >= 11 is 6.90. The van der Waals surface area contributed by atoms with Crippen molar-refractivity contribution in [2.45, 2.75) is 6.92 Å². The van der Waals surface area contributed by atoms with Crippen LogP contribution in [0.3, 0.4) is 0 Å². The van der Waals surface area contributed by atoms with Gasteiger partial charge in [0.1, 0.15) is 11.3 Å². The topological polar surface area (TPSA) is 39.4 Å². The van der Waals surface area contributed by atoms with Gasteiger partial charge in [-0.3, -0.25) is 0 Å². The molecule has 2 aromatic carbocycles. The van der Waals surface area contributed by atoms with E-state index in [-0.39, 0.29) is 0 Å². The van der Waals surface area contributed by atoms with E-state index in [1.807, 2.05) is 37.3 Å². The molecule has 21 heavy (non-hydrogen) atoms. The van der Waals surface area contributed by atoms with Gasteiger partial charge in [-0.05, 0) is 62.5 Å². The Kier molecular flexibility index (Phi) is 3.87. The molecule has 5 heteroatoms. The van der Waals surface area contributed by atoms with Crippen molar-refractivity contribution in [2.75, 3.05) is 0 Å². The van der Waals surface area contributed by atoms with E-state index in [0.29, 0.717) is 17.1 Å². The van der Waals surface area contributed by atoms with Gasteiger partial charge in [0.2, 0.25) is 0 Å². The van der Waals surface area contributed by atoms with Crippen molar-refractivity contribution in [2.24, 2.45) is 0 Å². The van der Waals surface area contributed by atoms with Crippen molar-refractivity contribution < 1.29 is 9.15 Å². The minimum atomic E-state index is -0.439. The fraction of sp³-hybridized carbons (Fsp3) is 0.0625. The van der Waals surface area contributed by atoms with E-state index in [1.54, 1.807) is 6.07 Å². The molecule has 0 aliphatic heterocycles. The van der Waals surface area contributed by atoms with Gasteiger partial charge in [-0.2, -0.15) is 0 Å². The Bertz CT molecular complexity index is 864. The molecule has 0 spiro atoms. The fourth-order valence-electron chi connectivity index (χ4n) is 2.13. The number of para-hydroxylation sites is 1. The first-order valence-corrected chi connectivity index (χ1v) is 7.80. The normalized spacial score (nSPS) is 10.8. The first-order valence-electron chi connectivity index (χ1n) is 6.21. The molecule has 1 heterocycles. The molecule has 106 valence electrons. The third kappa shape index (κ3) is 2.76. The molecular formula is C16H10Br2O3. The van der Waals surface area contributed by atoms with Crippen LogP contribution in [0.4, 0.5) is 0 Å². The van der Waals surface area contributed by atoms with Crippen LogP contribution in [0, 0.1) is 6.92 Å². The summed E-state index contributed by atoms with van der Waals surface area (Å²) in [5.41, 5.74) is 1.06. The lowest BCUT2D eigenvalue weighted by Gasteiger charge is -2.12. The van der Waals surface area contributed by atoms with Crippen LogP contribution in [0.2, 0.25) is 0 Å². The predicted molar refractivity (Wildman–Crippen MR) is 89.1 cm³/mol. The number of fused-ring (bicyclic) bond motifs is 1. The van der Waals surface area contributed by atoms with E-state index in [9.17, 15) is 4.79 Å². The van der Waals surface area contributed by atoms with E-state index >= 15 is 0 Å². The highest BCUT2D eigenvalue weighted by molar-refractivity contribution is 9.11. The van der Waals surface area contributed by atoms with Crippen LogP contribution >= 0.6 is 31.9 Å². The Hall–Kier alpha value is -1.59. The van der Waals surface area contributed by atoms with Crippen molar-refractivity contribution in [3.63, 3.8) is 0 Å². The second-order valence-electron chi connectivity index (χ2n) is 4.53. The van der Waals surface area contributed by atoms with Crippen LogP contribution in [0.25, 0.3) is 11.0 Å². The molecule has 1 aromatic heterocycles. The van der Waals surface area contributed by atoms with Crippen molar-refractivity contribution in [1.29, 1.82) is 0 Å². The van der Waals surface area contributed by atoms with Gasteiger partial charge >= 0.3 is 5.63 Å². The Morgan fingerprint density at radius 1 is 1.05 bits per heavy atom. The quantitative estimate of drug-likeness (QED) is 0.530. The lowest BCUT2D eigenvalue weighted by molar-refractivity contribution is 0.469. The summed E-state index contributed by atoms with van der Waals surface area (Å²) in [6.45, 7) is 1.95. The largest absolute Gasteiger partial charge is 0.454 e. The molecule has 0 aliphatic rings. The highest BCUT2D eigenvalue weighted by Crippen LogP contribution is 2.38. The summed E-state index contributed by atoms with van der Waals surface area (Å²) < 4.78 is 12.8. The molecule has 0 N–H and O–H groups in total. The number of benzene rings is 2. The summed E-state index contributed by atoms with van der Waals surface area (Å²) in [6.07, 6.45) is 0. The molecular weight excluding hydrogens is 400 g/mol. The van der Waals surface area contributed by atoms with Gasteiger partial charge in [0.25, 0.3) is 0 Å². The molecule has 0 radical (unpaired) electrons. The van der Waals surface area contributed by atoms with Crippen LogP contribution in [-0.4, -0.2) is 0 Å². The van der Waals surface area contributed by atoms with Crippen molar-refractivity contribution in [1.82, 2.24) is 0 Å². The molecule has 0 saturated heterocycles. The molecule has 0 atom stereocenters. The zero-order chi connectivity index (χ0) is 15.0. The molecule has 0 fully saturated rings. The van der Waals surface area contributed by atoms with Crippen LogP contribution in [0.5, 0.6) is 11.5 Å². The third-order valence-electron chi connectivity index (χ3n) is 3.07. The monoisotopic (exact) mass is 408 g/mol. The molecule has 3 nitrogen and oxygen atoms in total. The molecule has 3 rings (SSSR count). The van der Waals surface area contributed by atoms with Crippen LogP contribution in [0.1, 0.15) is 5.56 Å². The Morgan fingerprint density at radius 2 is 1.71 bits per heavy atom. The molecule has 0 aliphatic carbocycles. The molecule has 0 amide bonds. The van der Waals surface area contributed by atoms with Crippen molar-refractivity contribution in [3.8, 4) is 11.5 Å². The molecule has 0 unspecified atom stereocenters. The summed E-state index contributed by atoms with van der Waals surface area (Å²) in [7, 11) is 0.